The minimum Gasteiger partial charge on any atom is -0.352 e. The Balaban J connectivity index is 1.40. The first kappa shape index (κ1) is 21.8. The summed E-state index contributed by atoms with van der Waals surface area (Å²) in [7, 11) is 0. The molecule has 2 aromatic rings. The normalized spacial score (nSPS) is 22.1. The summed E-state index contributed by atoms with van der Waals surface area (Å²) in [6.45, 7) is 2.03. The van der Waals surface area contributed by atoms with E-state index in [0.717, 1.165) is 17.8 Å². The highest BCUT2D eigenvalue weighted by atomic mass is 35.5. The molecule has 0 bridgehead atoms. The lowest BCUT2D eigenvalue weighted by atomic mass is 9.93. The van der Waals surface area contributed by atoms with Crippen molar-refractivity contribution in [3.05, 3.63) is 58.5 Å². The quantitative estimate of drug-likeness (QED) is 0.694. The van der Waals surface area contributed by atoms with Crippen LogP contribution in [0, 0.1) is 11.7 Å². The van der Waals surface area contributed by atoms with E-state index in [2.05, 4.69) is 15.8 Å². The zero-order chi connectivity index (χ0) is 22.2. The predicted molar refractivity (Wildman–Crippen MR) is 107 cm³/mol. The van der Waals surface area contributed by atoms with Crippen LogP contribution in [0.2, 0.25) is 5.02 Å². The van der Waals surface area contributed by atoms with E-state index in [1.165, 1.54) is 12.1 Å². The van der Waals surface area contributed by atoms with Gasteiger partial charge in [-0.1, -0.05) is 23.7 Å². The van der Waals surface area contributed by atoms with Gasteiger partial charge in [0.1, 0.15) is 11.6 Å². The van der Waals surface area contributed by atoms with Gasteiger partial charge in [-0.05, 0) is 23.8 Å². The Morgan fingerprint density at radius 1 is 1.13 bits per heavy atom. The summed E-state index contributed by atoms with van der Waals surface area (Å²) in [5.41, 5.74) is 5.98. The van der Waals surface area contributed by atoms with E-state index in [-0.39, 0.29) is 34.5 Å². The second-order valence-corrected chi connectivity index (χ2v) is 7.91. The molecule has 0 aliphatic carbocycles. The standard InChI is InChI=1S/C20H20ClF4N5O/c21-16-9-13(20(23,24)25)10-26-18(16)29-5-7-30(8-6-29)19(31)15-11-27-28-17(15)12-1-3-14(22)4-2-12/h1-4,9-10,15,17,27-28H,5-8,11H2. The van der Waals surface area contributed by atoms with Gasteiger partial charge in [0.25, 0.3) is 0 Å². The van der Waals surface area contributed by atoms with Crippen LogP contribution in [0.25, 0.3) is 0 Å². The number of hydrogen-bond donors (Lipinski definition) is 2. The zero-order valence-electron chi connectivity index (χ0n) is 16.3. The lowest BCUT2D eigenvalue weighted by Crippen LogP contribution is -2.51. The van der Waals surface area contributed by atoms with Crippen molar-refractivity contribution in [3.63, 3.8) is 0 Å². The van der Waals surface area contributed by atoms with Crippen molar-refractivity contribution >= 4 is 23.3 Å². The van der Waals surface area contributed by atoms with Crippen LogP contribution in [0.15, 0.2) is 36.5 Å². The molecule has 1 aromatic carbocycles. The molecule has 2 aliphatic heterocycles. The number of anilines is 1. The molecule has 2 saturated heterocycles. The van der Waals surface area contributed by atoms with Crippen LogP contribution >= 0.6 is 11.6 Å². The minimum atomic E-state index is -4.51. The molecule has 2 fully saturated rings. The highest BCUT2D eigenvalue weighted by molar-refractivity contribution is 6.33. The van der Waals surface area contributed by atoms with E-state index in [0.29, 0.717) is 32.7 Å². The maximum atomic E-state index is 13.2. The molecule has 6 nitrogen and oxygen atoms in total. The van der Waals surface area contributed by atoms with Gasteiger partial charge in [-0.15, -0.1) is 0 Å². The van der Waals surface area contributed by atoms with E-state index in [1.54, 1.807) is 21.9 Å². The molecule has 2 atom stereocenters. The Hall–Kier alpha value is -2.43. The maximum Gasteiger partial charge on any atom is 0.417 e. The number of carbonyl (C=O) groups is 1. The molecule has 0 spiro atoms. The van der Waals surface area contributed by atoms with Crippen LogP contribution in [0.3, 0.4) is 0 Å². The highest BCUT2D eigenvalue weighted by Gasteiger charge is 2.38. The number of rotatable bonds is 3. The van der Waals surface area contributed by atoms with Gasteiger partial charge >= 0.3 is 6.18 Å². The third-order valence-corrected chi connectivity index (χ3v) is 5.85. The average molecular weight is 458 g/mol. The van der Waals surface area contributed by atoms with Crippen LogP contribution < -0.4 is 15.8 Å². The van der Waals surface area contributed by atoms with Crippen molar-refractivity contribution in [3.8, 4) is 0 Å². The minimum absolute atomic E-state index is 0.0436. The molecule has 2 N–H and O–H groups in total. The molecular weight excluding hydrogens is 438 g/mol. The van der Waals surface area contributed by atoms with Crippen molar-refractivity contribution < 1.29 is 22.4 Å². The largest absolute Gasteiger partial charge is 0.417 e. The summed E-state index contributed by atoms with van der Waals surface area (Å²) in [4.78, 5) is 20.5. The van der Waals surface area contributed by atoms with Crippen molar-refractivity contribution in [2.75, 3.05) is 37.6 Å². The van der Waals surface area contributed by atoms with Gasteiger partial charge in [0.15, 0.2) is 0 Å². The topological polar surface area (TPSA) is 60.5 Å². The maximum absolute atomic E-state index is 13.2. The van der Waals surface area contributed by atoms with Crippen LogP contribution in [-0.4, -0.2) is 48.5 Å². The van der Waals surface area contributed by atoms with Crippen molar-refractivity contribution in [1.82, 2.24) is 20.7 Å². The fourth-order valence-electron chi connectivity index (χ4n) is 3.90. The molecule has 0 radical (unpaired) electrons. The Kier molecular flexibility index (Phi) is 6.05. The number of nitrogens with one attached hydrogen (secondary N) is 2. The molecular formula is C20H20ClF4N5O. The number of hydrogen-bond acceptors (Lipinski definition) is 5. The molecule has 2 unspecified atom stereocenters. The molecule has 1 aromatic heterocycles. The lowest BCUT2D eigenvalue weighted by Gasteiger charge is -2.37. The lowest BCUT2D eigenvalue weighted by molar-refractivity contribution is -0.138. The Labute approximate surface area is 181 Å². The number of aromatic nitrogens is 1. The van der Waals surface area contributed by atoms with Gasteiger partial charge in [-0.3, -0.25) is 10.2 Å². The van der Waals surface area contributed by atoms with E-state index in [9.17, 15) is 22.4 Å². The summed E-state index contributed by atoms with van der Waals surface area (Å²) in [6, 6.07) is 6.60. The van der Waals surface area contributed by atoms with E-state index < -0.39 is 11.7 Å². The molecule has 0 saturated carbocycles. The van der Waals surface area contributed by atoms with Crippen LogP contribution in [-0.2, 0) is 11.0 Å². The number of amides is 1. The second-order valence-electron chi connectivity index (χ2n) is 7.50. The first-order valence-electron chi connectivity index (χ1n) is 9.74. The van der Waals surface area contributed by atoms with Gasteiger partial charge in [0.05, 0.1) is 22.5 Å². The first-order chi connectivity index (χ1) is 14.7. The summed E-state index contributed by atoms with van der Waals surface area (Å²) >= 11 is 6.04. The van der Waals surface area contributed by atoms with Crippen LogP contribution in [0.1, 0.15) is 17.2 Å². The van der Waals surface area contributed by atoms with E-state index in [4.69, 9.17) is 11.6 Å². The average Bonchev–Trinajstić information content (AvgIpc) is 3.23. The SMILES string of the molecule is O=C(C1CNNC1c1ccc(F)cc1)N1CCN(c2ncc(C(F)(F)F)cc2Cl)CC1. The number of piperazine rings is 1. The fourth-order valence-corrected chi connectivity index (χ4v) is 4.19. The highest BCUT2D eigenvalue weighted by Crippen LogP contribution is 2.34. The zero-order valence-corrected chi connectivity index (χ0v) is 17.0. The summed E-state index contributed by atoms with van der Waals surface area (Å²) in [5, 5.41) is -0.0739. The number of halogens is 5. The molecule has 1 amide bonds. The van der Waals surface area contributed by atoms with Gasteiger partial charge in [-0.25, -0.2) is 14.8 Å². The second kappa shape index (κ2) is 8.60. The predicted octanol–water partition coefficient (Wildman–Crippen LogP) is 3.01. The van der Waals surface area contributed by atoms with Gasteiger partial charge in [0.2, 0.25) is 5.91 Å². The van der Waals surface area contributed by atoms with E-state index in [1.807, 2.05) is 0 Å². The monoisotopic (exact) mass is 457 g/mol. The number of hydrazine groups is 1. The molecule has 166 valence electrons. The Morgan fingerprint density at radius 3 is 2.42 bits per heavy atom. The molecule has 3 heterocycles. The smallest absolute Gasteiger partial charge is 0.352 e. The first-order valence-corrected chi connectivity index (χ1v) is 10.1. The molecule has 11 heteroatoms. The number of carbonyl (C=O) groups excluding carboxylic acids is 1. The van der Waals surface area contributed by atoms with Gasteiger partial charge in [-0.2, -0.15) is 13.2 Å². The summed E-state index contributed by atoms with van der Waals surface area (Å²) in [6.07, 6.45) is -3.74. The van der Waals surface area contributed by atoms with Crippen LogP contribution in [0.5, 0.6) is 0 Å². The molecule has 2 aliphatic rings. The molecule has 4 rings (SSSR count). The number of nitrogens with zero attached hydrogens (tertiary/aromatic N) is 3. The third-order valence-electron chi connectivity index (χ3n) is 5.57. The summed E-state index contributed by atoms with van der Waals surface area (Å²) < 4.78 is 51.7. The Morgan fingerprint density at radius 2 is 1.81 bits per heavy atom. The van der Waals surface area contributed by atoms with Crippen molar-refractivity contribution in [2.24, 2.45) is 5.92 Å². The number of benzene rings is 1. The molecule has 31 heavy (non-hydrogen) atoms. The number of alkyl halides is 3. The van der Waals surface area contributed by atoms with Crippen molar-refractivity contribution in [2.45, 2.75) is 12.2 Å². The number of pyridine rings is 1. The Bertz CT molecular complexity index is 948. The van der Waals surface area contributed by atoms with Gasteiger partial charge < -0.3 is 9.80 Å². The fraction of sp³-hybridized carbons (Fsp3) is 0.400. The van der Waals surface area contributed by atoms with E-state index >= 15 is 0 Å². The third kappa shape index (κ3) is 4.60. The van der Waals surface area contributed by atoms with Crippen molar-refractivity contribution in [1.29, 1.82) is 0 Å². The van der Waals surface area contributed by atoms with Gasteiger partial charge in [0, 0.05) is 38.9 Å². The van der Waals surface area contributed by atoms with Crippen LogP contribution in [0.4, 0.5) is 23.4 Å². The summed E-state index contributed by atoms with van der Waals surface area (Å²) in [5.74, 6) is -0.470.